The summed E-state index contributed by atoms with van der Waals surface area (Å²) in [6.45, 7) is 5.83. The molecular weight excluding hydrogens is 255 g/mol. The summed E-state index contributed by atoms with van der Waals surface area (Å²) in [5, 5.41) is 2.94. The molecule has 1 aliphatic carbocycles. The van der Waals surface area contributed by atoms with Crippen LogP contribution in [0.4, 0.5) is 4.39 Å². The average Bonchev–Trinajstić information content (AvgIpc) is 2.74. The van der Waals surface area contributed by atoms with Crippen LogP contribution >= 0.6 is 0 Å². The van der Waals surface area contributed by atoms with Crippen molar-refractivity contribution in [2.45, 2.75) is 52.6 Å². The zero-order valence-electron chi connectivity index (χ0n) is 12.4. The largest absolute Gasteiger partial charge is 0.352 e. The van der Waals surface area contributed by atoms with Gasteiger partial charge in [0.15, 0.2) is 0 Å². The molecule has 2 unspecified atom stereocenters. The lowest BCUT2D eigenvalue weighted by atomic mass is 9.84. The SMILES string of the molecule is Cc1cc(CNC(=O)C2(C)CCCC2N)cc(C)c1F. The number of aryl methyl sites for hydroxylation is 2. The molecule has 3 nitrogen and oxygen atoms in total. The number of rotatable bonds is 3. The Balaban J connectivity index is 2.04. The van der Waals surface area contributed by atoms with Gasteiger partial charge in [-0.15, -0.1) is 0 Å². The third-order valence-corrected chi connectivity index (χ3v) is 4.50. The number of carbonyl (C=O) groups excluding carboxylic acids is 1. The Morgan fingerprint density at radius 2 is 2.05 bits per heavy atom. The molecule has 20 heavy (non-hydrogen) atoms. The van der Waals surface area contributed by atoms with Gasteiger partial charge in [0.25, 0.3) is 0 Å². The maximum Gasteiger partial charge on any atom is 0.227 e. The molecule has 0 bridgehead atoms. The van der Waals surface area contributed by atoms with Gasteiger partial charge in [0.2, 0.25) is 5.91 Å². The van der Waals surface area contributed by atoms with Crippen molar-refractivity contribution in [2.75, 3.05) is 0 Å². The summed E-state index contributed by atoms with van der Waals surface area (Å²) in [4.78, 5) is 12.3. The molecule has 1 saturated carbocycles. The van der Waals surface area contributed by atoms with Gasteiger partial charge in [-0.2, -0.15) is 0 Å². The van der Waals surface area contributed by atoms with Crippen molar-refractivity contribution >= 4 is 5.91 Å². The predicted octanol–water partition coefficient (Wildman–Crippen LogP) is 2.58. The molecule has 2 rings (SSSR count). The van der Waals surface area contributed by atoms with E-state index in [9.17, 15) is 9.18 Å². The van der Waals surface area contributed by atoms with E-state index in [2.05, 4.69) is 5.32 Å². The molecule has 0 radical (unpaired) electrons. The fourth-order valence-electron chi connectivity index (χ4n) is 3.00. The highest BCUT2D eigenvalue weighted by molar-refractivity contribution is 5.83. The Morgan fingerprint density at radius 3 is 2.55 bits per heavy atom. The predicted molar refractivity (Wildman–Crippen MR) is 77.7 cm³/mol. The number of benzene rings is 1. The first kappa shape index (κ1) is 15.0. The first-order valence-electron chi connectivity index (χ1n) is 7.14. The summed E-state index contributed by atoms with van der Waals surface area (Å²) in [7, 11) is 0. The van der Waals surface area contributed by atoms with Crippen molar-refractivity contribution in [1.82, 2.24) is 5.32 Å². The van der Waals surface area contributed by atoms with Gasteiger partial charge < -0.3 is 11.1 Å². The van der Waals surface area contributed by atoms with E-state index in [1.165, 1.54) is 0 Å². The van der Waals surface area contributed by atoms with Crippen LogP contribution in [0.3, 0.4) is 0 Å². The number of carbonyl (C=O) groups is 1. The van der Waals surface area contributed by atoms with E-state index in [1.807, 2.05) is 6.92 Å². The zero-order valence-corrected chi connectivity index (χ0v) is 12.4. The van der Waals surface area contributed by atoms with Crippen LogP contribution in [0.1, 0.15) is 42.9 Å². The molecular formula is C16H23FN2O. The normalized spacial score (nSPS) is 25.8. The standard InChI is InChI=1S/C16H23FN2O/c1-10-7-12(8-11(2)14(10)17)9-19-15(20)16(3)6-4-5-13(16)18/h7-8,13H,4-6,9,18H2,1-3H3,(H,19,20). The third kappa shape index (κ3) is 2.70. The van der Waals surface area contributed by atoms with Gasteiger partial charge in [-0.05, 0) is 50.3 Å². The molecule has 1 aromatic rings. The Bertz CT molecular complexity index is 506. The minimum absolute atomic E-state index is 0.00197. The monoisotopic (exact) mass is 278 g/mol. The summed E-state index contributed by atoms with van der Waals surface area (Å²) in [6, 6.07) is 3.48. The lowest BCUT2D eigenvalue weighted by Gasteiger charge is -2.27. The Kier molecular flexibility index (Phi) is 4.14. The highest BCUT2D eigenvalue weighted by Crippen LogP contribution is 2.36. The maximum atomic E-state index is 13.6. The summed E-state index contributed by atoms with van der Waals surface area (Å²) in [5.41, 5.74) is 7.71. The lowest BCUT2D eigenvalue weighted by molar-refractivity contribution is -0.130. The second-order valence-electron chi connectivity index (χ2n) is 6.14. The first-order chi connectivity index (χ1) is 9.34. The molecule has 2 atom stereocenters. The average molecular weight is 278 g/mol. The van der Waals surface area contributed by atoms with E-state index in [1.54, 1.807) is 26.0 Å². The van der Waals surface area contributed by atoms with Gasteiger partial charge in [0.05, 0.1) is 5.41 Å². The molecule has 0 aliphatic heterocycles. The van der Waals surface area contributed by atoms with Crippen molar-refractivity contribution in [3.63, 3.8) is 0 Å². The van der Waals surface area contributed by atoms with Crippen LogP contribution in [-0.2, 0) is 11.3 Å². The van der Waals surface area contributed by atoms with Crippen molar-refractivity contribution in [2.24, 2.45) is 11.1 Å². The van der Waals surface area contributed by atoms with Crippen LogP contribution in [0, 0.1) is 25.1 Å². The summed E-state index contributed by atoms with van der Waals surface area (Å²) < 4.78 is 13.6. The lowest BCUT2D eigenvalue weighted by Crippen LogP contribution is -2.47. The van der Waals surface area contributed by atoms with Gasteiger partial charge in [-0.1, -0.05) is 18.6 Å². The van der Waals surface area contributed by atoms with E-state index in [4.69, 9.17) is 5.73 Å². The van der Waals surface area contributed by atoms with E-state index in [0.717, 1.165) is 24.8 Å². The maximum absolute atomic E-state index is 13.6. The van der Waals surface area contributed by atoms with Gasteiger partial charge in [-0.25, -0.2) is 4.39 Å². The second-order valence-corrected chi connectivity index (χ2v) is 6.14. The smallest absolute Gasteiger partial charge is 0.227 e. The van der Waals surface area contributed by atoms with E-state index in [0.29, 0.717) is 17.7 Å². The fourth-order valence-corrected chi connectivity index (χ4v) is 3.00. The van der Waals surface area contributed by atoms with Crippen LogP contribution in [0.15, 0.2) is 12.1 Å². The number of nitrogens with one attached hydrogen (secondary N) is 1. The Labute approximate surface area is 119 Å². The summed E-state index contributed by atoms with van der Waals surface area (Å²) in [6.07, 6.45) is 2.74. The Morgan fingerprint density at radius 1 is 1.45 bits per heavy atom. The zero-order chi connectivity index (χ0) is 14.9. The van der Waals surface area contributed by atoms with Crippen molar-refractivity contribution in [3.05, 3.63) is 34.6 Å². The van der Waals surface area contributed by atoms with Crippen molar-refractivity contribution in [3.8, 4) is 0 Å². The molecule has 110 valence electrons. The Hall–Kier alpha value is -1.42. The highest BCUT2D eigenvalue weighted by atomic mass is 19.1. The highest BCUT2D eigenvalue weighted by Gasteiger charge is 2.42. The van der Waals surface area contributed by atoms with Crippen LogP contribution in [0.5, 0.6) is 0 Å². The fraction of sp³-hybridized carbons (Fsp3) is 0.562. The quantitative estimate of drug-likeness (QED) is 0.893. The number of hydrogen-bond donors (Lipinski definition) is 2. The molecule has 0 saturated heterocycles. The molecule has 3 N–H and O–H groups in total. The van der Waals surface area contributed by atoms with Gasteiger partial charge in [-0.3, -0.25) is 4.79 Å². The summed E-state index contributed by atoms with van der Waals surface area (Å²) >= 11 is 0. The molecule has 0 spiro atoms. The van der Waals surface area contributed by atoms with Gasteiger partial charge in [0.1, 0.15) is 5.82 Å². The minimum atomic E-state index is -0.468. The van der Waals surface area contributed by atoms with Gasteiger partial charge in [0, 0.05) is 12.6 Å². The number of amides is 1. The van der Waals surface area contributed by atoms with Crippen molar-refractivity contribution in [1.29, 1.82) is 0 Å². The molecule has 1 aromatic carbocycles. The van der Waals surface area contributed by atoms with Gasteiger partial charge >= 0.3 is 0 Å². The number of nitrogens with two attached hydrogens (primary N) is 1. The van der Waals surface area contributed by atoms with Crippen LogP contribution < -0.4 is 11.1 Å². The van der Waals surface area contributed by atoms with E-state index < -0.39 is 5.41 Å². The van der Waals surface area contributed by atoms with E-state index >= 15 is 0 Å². The van der Waals surface area contributed by atoms with Crippen molar-refractivity contribution < 1.29 is 9.18 Å². The number of hydrogen-bond acceptors (Lipinski definition) is 2. The molecule has 1 aliphatic rings. The molecule has 4 heteroatoms. The van der Waals surface area contributed by atoms with Crippen LogP contribution in [0.2, 0.25) is 0 Å². The van der Waals surface area contributed by atoms with E-state index in [-0.39, 0.29) is 17.8 Å². The molecule has 1 amide bonds. The van der Waals surface area contributed by atoms with Crippen LogP contribution in [0.25, 0.3) is 0 Å². The molecule has 0 aromatic heterocycles. The third-order valence-electron chi connectivity index (χ3n) is 4.50. The topological polar surface area (TPSA) is 55.1 Å². The van der Waals surface area contributed by atoms with Crippen LogP contribution in [-0.4, -0.2) is 11.9 Å². The minimum Gasteiger partial charge on any atom is -0.352 e. The number of halogens is 1. The molecule has 0 heterocycles. The summed E-state index contributed by atoms with van der Waals surface area (Å²) in [5.74, 6) is -0.174. The first-order valence-corrected chi connectivity index (χ1v) is 7.14. The molecule has 1 fully saturated rings. The second kappa shape index (κ2) is 5.52.